The Morgan fingerprint density at radius 3 is 2.29 bits per heavy atom. The Labute approximate surface area is 105 Å². The van der Waals surface area contributed by atoms with Crippen LogP contribution in [0.25, 0.3) is 0 Å². The van der Waals surface area contributed by atoms with Crippen LogP contribution >= 0.6 is 11.6 Å². The number of aryl methyl sites for hydroxylation is 1. The third-order valence-corrected chi connectivity index (χ3v) is 2.77. The van der Waals surface area contributed by atoms with Crippen molar-refractivity contribution in [2.45, 2.75) is 12.8 Å². The summed E-state index contributed by atoms with van der Waals surface area (Å²) in [6.45, 7) is 1.72. The topological polar surface area (TPSA) is 9.23 Å². The summed E-state index contributed by atoms with van der Waals surface area (Å²) in [5.74, 6) is 1.37. The van der Waals surface area contributed by atoms with Crippen molar-refractivity contribution in [3.05, 3.63) is 59.4 Å². The van der Waals surface area contributed by atoms with Gasteiger partial charge in [0.25, 0.3) is 0 Å². The molecule has 0 saturated heterocycles. The van der Waals surface area contributed by atoms with E-state index in [1.807, 2.05) is 24.3 Å². The first-order valence-corrected chi connectivity index (χ1v) is 5.81. The third-order valence-electron chi connectivity index (χ3n) is 2.46. The average Bonchev–Trinajstić information content (AvgIpc) is 2.35. The summed E-state index contributed by atoms with van der Waals surface area (Å²) in [7, 11) is 0. The molecule has 0 aromatic heterocycles. The van der Waals surface area contributed by atoms with E-state index in [4.69, 9.17) is 16.3 Å². The predicted octanol–water partition coefficient (Wildman–Crippen LogP) is 4.67. The second-order valence-corrected chi connectivity index (χ2v) is 4.06. The van der Waals surface area contributed by atoms with Crippen LogP contribution in [0.4, 0.5) is 4.39 Å². The van der Waals surface area contributed by atoms with Crippen molar-refractivity contribution in [2.75, 3.05) is 0 Å². The van der Waals surface area contributed by atoms with Crippen LogP contribution in [0.5, 0.6) is 11.5 Å². The molecule has 2 rings (SSSR count). The fourth-order valence-corrected chi connectivity index (χ4v) is 1.60. The average molecular weight is 251 g/mol. The molecule has 0 aliphatic carbocycles. The van der Waals surface area contributed by atoms with Gasteiger partial charge in [0, 0.05) is 11.9 Å². The smallest absolute Gasteiger partial charge is 0.130 e. The van der Waals surface area contributed by atoms with Crippen LogP contribution in [0.1, 0.15) is 11.1 Å². The summed E-state index contributed by atoms with van der Waals surface area (Å²) in [5.41, 5.74) is 1.63. The zero-order valence-electron chi connectivity index (χ0n) is 9.41. The maximum Gasteiger partial charge on any atom is 0.130 e. The molecule has 0 spiro atoms. The molecule has 3 heteroatoms. The molecular weight excluding hydrogens is 239 g/mol. The van der Waals surface area contributed by atoms with Crippen LogP contribution in [0.2, 0.25) is 0 Å². The third kappa shape index (κ3) is 2.98. The van der Waals surface area contributed by atoms with Crippen molar-refractivity contribution >= 4 is 11.6 Å². The highest BCUT2D eigenvalue weighted by molar-refractivity contribution is 6.17. The standard InChI is InChI=1S/C14H12ClFO/c1-10-2-5-13(8-14(10)16)17-12-6-3-11(9-15)4-7-12/h2-8H,9H2,1H3. The van der Waals surface area contributed by atoms with E-state index >= 15 is 0 Å². The summed E-state index contributed by atoms with van der Waals surface area (Å²) < 4.78 is 18.8. The Bertz CT molecular complexity index is 508. The van der Waals surface area contributed by atoms with Gasteiger partial charge in [-0.15, -0.1) is 11.6 Å². The first-order chi connectivity index (χ1) is 8.19. The molecule has 0 unspecified atom stereocenters. The highest BCUT2D eigenvalue weighted by atomic mass is 35.5. The van der Waals surface area contributed by atoms with Gasteiger partial charge in [-0.3, -0.25) is 0 Å². The van der Waals surface area contributed by atoms with Crippen molar-refractivity contribution in [2.24, 2.45) is 0 Å². The Morgan fingerprint density at radius 2 is 1.71 bits per heavy atom. The number of alkyl halides is 1. The monoisotopic (exact) mass is 250 g/mol. The molecule has 0 fully saturated rings. The summed E-state index contributed by atoms with van der Waals surface area (Å²) in [5, 5.41) is 0. The zero-order chi connectivity index (χ0) is 12.3. The number of hydrogen-bond acceptors (Lipinski definition) is 1. The van der Waals surface area contributed by atoms with E-state index in [1.54, 1.807) is 19.1 Å². The summed E-state index contributed by atoms with van der Waals surface area (Å²) in [6, 6.07) is 12.2. The van der Waals surface area contributed by atoms with Crippen molar-refractivity contribution in [1.82, 2.24) is 0 Å². The molecule has 0 saturated carbocycles. The van der Waals surface area contributed by atoms with Gasteiger partial charge in [0.1, 0.15) is 17.3 Å². The van der Waals surface area contributed by atoms with Crippen LogP contribution in [0.3, 0.4) is 0 Å². The molecule has 0 bridgehead atoms. The minimum atomic E-state index is -0.264. The lowest BCUT2D eigenvalue weighted by atomic mass is 10.2. The van der Waals surface area contributed by atoms with E-state index < -0.39 is 0 Å². The van der Waals surface area contributed by atoms with Crippen LogP contribution in [0, 0.1) is 12.7 Å². The quantitative estimate of drug-likeness (QED) is 0.720. The molecule has 0 radical (unpaired) electrons. The lowest BCUT2D eigenvalue weighted by molar-refractivity contribution is 0.476. The predicted molar refractivity (Wildman–Crippen MR) is 67.2 cm³/mol. The van der Waals surface area contributed by atoms with Crippen molar-refractivity contribution in [1.29, 1.82) is 0 Å². The van der Waals surface area contributed by atoms with E-state index in [9.17, 15) is 4.39 Å². The lowest BCUT2D eigenvalue weighted by Gasteiger charge is -2.07. The zero-order valence-corrected chi connectivity index (χ0v) is 10.2. The second-order valence-electron chi connectivity index (χ2n) is 3.79. The normalized spacial score (nSPS) is 10.3. The number of rotatable bonds is 3. The number of ether oxygens (including phenoxy) is 1. The summed E-state index contributed by atoms with van der Waals surface area (Å²) >= 11 is 5.69. The first-order valence-electron chi connectivity index (χ1n) is 5.28. The molecule has 0 aliphatic rings. The van der Waals surface area contributed by atoms with Gasteiger partial charge in [0.05, 0.1) is 0 Å². The second kappa shape index (κ2) is 5.19. The molecule has 0 heterocycles. The van der Waals surface area contributed by atoms with Crippen molar-refractivity contribution in [3.63, 3.8) is 0 Å². The van der Waals surface area contributed by atoms with Crippen molar-refractivity contribution in [3.8, 4) is 11.5 Å². The maximum atomic E-state index is 13.3. The Balaban J connectivity index is 2.16. The van der Waals surface area contributed by atoms with Gasteiger partial charge in [-0.25, -0.2) is 4.39 Å². The highest BCUT2D eigenvalue weighted by Gasteiger charge is 2.01. The number of benzene rings is 2. The van der Waals surface area contributed by atoms with Gasteiger partial charge in [-0.2, -0.15) is 0 Å². The van der Waals surface area contributed by atoms with Gasteiger partial charge in [0.15, 0.2) is 0 Å². The maximum absolute atomic E-state index is 13.3. The molecule has 17 heavy (non-hydrogen) atoms. The van der Waals surface area contributed by atoms with E-state index in [0.717, 1.165) is 5.56 Å². The molecule has 0 N–H and O–H groups in total. The van der Waals surface area contributed by atoms with Gasteiger partial charge < -0.3 is 4.74 Å². The SMILES string of the molecule is Cc1ccc(Oc2ccc(CCl)cc2)cc1F. The fourth-order valence-electron chi connectivity index (χ4n) is 1.42. The van der Waals surface area contributed by atoms with Crippen LogP contribution in [-0.2, 0) is 5.88 Å². The number of hydrogen-bond donors (Lipinski definition) is 0. The largest absolute Gasteiger partial charge is 0.457 e. The molecule has 2 aromatic rings. The van der Waals surface area contributed by atoms with E-state index in [0.29, 0.717) is 22.9 Å². The summed E-state index contributed by atoms with van der Waals surface area (Å²) in [4.78, 5) is 0. The molecule has 0 amide bonds. The molecule has 0 aliphatic heterocycles. The van der Waals surface area contributed by atoms with Crippen LogP contribution in [-0.4, -0.2) is 0 Å². The van der Waals surface area contributed by atoms with Crippen LogP contribution in [0.15, 0.2) is 42.5 Å². The Kier molecular flexibility index (Phi) is 3.64. The molecular formula is C14H12ClFO. The minimum Gasteiger partial charge on any atom is -0.457 e. The molecule has 1 nitrogen and oxygen atoms in total. The number of halogens is 2. The summed E-state index contributed by atoms with van der Waals surface area (Å²) in [6.07, 6.45) is 0. The Morgan fingerprint density at radius 1 is 1.06 bits per heavy atom. The van der Waals surface area contributed by atoms with Crippen molar-refractivity contribution < 1.29 is 9.13 Å². The Hall–Kier alpha value is -1.54. The lowest BCUT2D eigenvalue weighted by Crippen LogP contribution is -1.88. The fraction of sp³-hybridized carbons (Fsp3) is 0.143. The van der Waals surface area contributed by atoms with Gasteiger partial charge >= 0.3 is 0 Å². The van der Waals surface area contributed by atoms with Gasteiger partial charge in [0.2, 0.25) is 0 Å². The first kappa shape index (κ1) is 11.9. The highest BCUT2D eigenvalue weighted by Crippen LogP contribution is 2.23. The van der Waals surface area contributed by atoms with Crippen LogP contribution < -0.4 is 4.74 Å². The van der Waals surface area contributed by atoms with E-state index in [-0.39, 0.29) is 5.82 Å². The molecule has 2 aromatic carbocycles. The van der Waals surface area contributed by atoms with Gasteiger partial charge in [-0.05, 0) is 36.2 Å². The van der Waals surface area contributed by atoms with E-state index in [2.05, 4.69) is 0 Å². The minimum absolute atomic E-state index is 0.264. The molecule has 88 valence electrons. The molecule has 0 atom stereocenters. The van der Waals surface area contributed by atoms with Gasteiger partial charge in [-0.1, -0.05) is 18.2 Å². The van der Waals surface area contributed by atoms with E-state index in [1.165, 1.54) is 6.07 Å².